The third kappa shape index (κ3) is 3.90. The first-order valence-corrected chi connectivity index (χ1v) is 8.39. The van der Waals surface area contributed by atoms with E-state index in [9.17, 15) is 24.3 Å². The van der Waals surface area contributed by atoms with Crippen LogP contribution in [-0.4, -0.2) is 44.1 Å². The Morgan fingerprint density at radius 1 is 1.14 bits per heavy atom. The van der Waals surface area contributed by atoms with Crippen molar-refractivity contribution in [1.82, 2.24) is 14.9 Å². The number of aliphatic carboxylic acids is 1. The van der Waals surface area contributed by atoms with Gasteiger partial charge in [-0.25, -0.2) is 4.98 Å². The van der Waals surface area contributed by atoms with Crippen molar-refractivity contribution in [3.8, 4) is 5.75 Å². The Hall–Kier alpha value is -4.21. The zero-order chi connectivity index (χ0) is 21.1. The molecular formula is C19H16N4O6. The molecule has 2 aromatic heterocycles. The molecule has 0 saturated carbocycles. The van der Waals surface area contributed by atoms with Gasteiger partial charge in [0.25, 0.3) is 11.5 Å². The molecule has 2 heterocycles. The van der Waals surface area contributed by atoms with Crippen LogP contribution in [0.4, 0.5) is 0 Å². The molecule has 5 N–H and O–H groups in total. The molecule has 0 atom stereocenters. The average molecular weight is 396 g/mol. The number of amides is 2. The molecule has 3 aromatic rings. The summed E-state index contributed by atoms with van der Waals surface area (Å²) in [6.45, 7) is -0.720. The summed E-state index contributed by atoms with van der Waals surface area (Å²) in [4.78, 5) is 51.3. The summed E-state index contributed by atoms with van der Waals surface area (Å²) in [7, 11) is 0. The lowest BCUT2D eigenvalue weighted by Crippen LogP contribution is -2.36. The van der Waals surface area contributed by atoms with Crippen LogP contribution in [0.5, 0.6) is 5.75 Å². The number of fused-ring (bicyclic) bond motifs is 1. The fraction of sp³-hybridized carbons (Fsp3) is 0.105. The molecule has 10 nitrogen and oxygen atoms in total. The molecule has 2 amide bonds. The van der Waals surface area contributed by atoms with Gasteiger partial charge in [-0.1, -0.05) is 12.1 Å². The zero-order valence-corrected chi connectivity index (χ0v) is 15.0. The fourth-order valence-corrected chi connectivity index (χ4v) is 2.82. The van der Waals surface area contributed by atoms with Crippen LogP contribution in [0.3, 0.4) is 0 Å². The molecule has 148 valence electrons. The Kier molecular flexibility index (Phi) is 5.26. The number of benzene rings is 1. The lowest BCUT2D eigenvalue weighted by Gasteiger charge is -2.14. The molecule has 0 spiro atoms. The van der Waals surface area contributed by atoms with Gasteiger partial charge in [0, 0.05) is 11.8 Å². The van der Waals surface area contributed by atoms with E-state index in [-0.39, 0.29) is 17.6 Å². The SMILES string of the molecule is NC(=O)c1ccc(Cn2c(=O)c(C(=O)NCC(=O)O)c(O)c3cccnc32)cc1. The van der Waals surface area contributed by atoms with E-state index in [4.69, 9.17) is 10.8 Å². The van der Waals surface area contributed by atoms with E-state index >= 15 is 0 Å². The third-order valence-electron chi connectivity index (χ3n) is 4.20. The summed E-state index contributed by atoms with van der Waals surface area (Å²) in [6.07, 6.45) is 1.43. The molecule has 1 aromatic carbocycles. The Morgan fingerprint density at radius 3 is 2.45 bits per heavy atom. The molecule has 10 heteroatoms. The molecule has 0 fully saturated rings. The summed E-state index contributed by atoms with van der Waals surface area (Å²) < 4.78 is 1.18. The predicted octanol–water partition coefficient (Wildman–Crippen LogP) is 0.0637. The minimum Gasteiger partial charge on any atom is -0.506 e. The highest BCUT2D eigenvalue weighted by Gasteiger charge is 2.23. The van der Waals surface area contributed by atoms with Crippen LogP contribution in [-0.2, 0) is 11.3 Å². The number of carbonyl (C=O) groups is 3. The highest BCUT2D eigenvalue weighted by atomic mass is 16.4. The standard InChI is InChI=1S/C19H16N4O6/c20-16(27)11-5-3-10(4-6-11)9-23-17-12(2-1-7-21-17)15(26)14(19(23)29)18(28)22-8-13(24)25/h1-7,26H,8-9H2,(H2,20,27)(H,22,28)(H,24,25). The molecule has 0 saturated heterocycles. The van der Waals surface area contributed by atoms with Crippen molar-refractivity contribution in [3.05, 3.63) is 69.6 Å². The summed E-state index contributed by atoms with van der Waals surface area (Å²) in [5.74, 6) is -3.49. The first-order chi connectivity index (χ1) is 13.8. The number of aromatic hydroxyl groups is 1. The molecule has 0 aliphatic carbocycles. The van der Waals surface area contributed by atoms with Gasteiger partial charge in [0.1, 0.15) is 23.5 Å². The smallest absolute Gasteiger partial charge is 0.322 e. The lowest BCUT2D eigenvalue weighted by molar-refractivity contribution is -0.135. The molecule has 3 rings (SSSR count). The van der Waals surface area contributed by atoms with E-state index < -0.39 is 41.2 Å². The van der Waals surface area contributed by atoms with Gasteiger partial charge in [0.05, 0.1) is 11.9 Å². The number of carboxylic acid groups (broad SMARTS) is 1. The molecule has 0 aliphatic rings. The number of pyridine rings is 2. The van der Waals surface area contributed by atoms with E-state index in [1.54, 1.807) is 12.1 Å². The summed E-state index contributed by atoms with van der Waals surface area (Å²) in [5, 5.41) is 21.4. The molecular weight excluding hydrogens is 380 g/mol. The highest BCUT2D eigenvalue weighted by Crippen LogP contribution is 2.25. The van der Waals surface area contributed by atoms with Crippen molar-refractivity contribution in [3.63, 3.8) is 0 Å². The minimum absolute atomic E-state index is 0.00905. The minimum atomic E-state index is -1.30. The summed E-state index contributed by atoms with van der Waals surface area (Å²) in [6, 6.07) is 9.20. The van der Waals surface area contributed by atoms with E-state index in [0.29, 0.717) is 11.1 Å². The average Bonchev–Trinajstić information content (AvgIpc) is 2.70. The first-order valence-electron chi connectivity index (χ1n) is 8.39. The largest absolute Gasteiger partial charge is 0.506 e. The van der Waals surface area contributed by atoms with Crippen molar-refractivity contribution >= 4 is 28.8 Å². The second-order valence-corrected chi connectivity index (χ2v) is 6.13. The third-order valence-corrected chi connectivity index (χ3v) is 4.20. The maximum absolute atomic E-state index is 12.9. The van der Waals surface area contributed by atoms with E-state index in [0.717, 1.165) is 0 Å². The lowest BCUT2D eigenvalue weighted by atomic mass is 10.1. The number of rotatable bonds is 6. The second-order valence-electron chi connectivity index (χ2n) is 6.13. The van der Waals surface area contributed by atoms with Gasteiger partial charge in [-0.05, 0) is 29.8 Å². The zero-order valence-electron chi connectivity index (χ0n) is 15.0. The van der Waals surface area contributed by atoms with E-state index in [1.165, 1.54) is 35.0 Å². The van der Waals surface area contributed by atoms with Gasteiger partial charge in [-0.15, -0.1) is 0 Å². The molecule has 0 radical (unpaired) electrons. The fourth-order valence-electron chi connectivity index (χ4n) is 2.82. The number of hydrogen-bond donors (Lipinski definition) is 4. The molecule has 0 aliphatic heterocycles. The Bertz CT molecular complexity index is 1180. The van der Waals surface area contributed by atoms with E-state index in [1.807, 2.05) is 0 Å². The number of nitrogens with zero attached hydrogens (tertiary/aromatic N) is 2. The van der Waals surface area contributed by atoms with Gasteiger partial charge >= 0.3 is 5.97 Å². The van der Waals surface area contributed by atoms with Crippen LogP contribution >= 0.6 is 0 Å². The molecule has 29 heavy (non-hydrogen) atoms. The Morgan fingerprint density at radius 2 is 1.83 bits per heavy atom. The predicted molar refractivity (Wildman–Crippen MR) is 102 cm³/mol. The number of hydrogen-bond acceptors (Lipinski definition) is 6. The van der Waals surface area contributed by atoms with Crippen molar-refractivity contribution < 1.29 is 24.6 Å². The van der Waals surface area contributed by atoms with Crippen molar-refractivity contribution in [2.75, 3.05) is 6.54 Å². The normalized spacial score (nSPS) is 10.6. The van der Waals surface area contributed by atoms with Gasteiger partial charge in [0.2, 0.25) is 5.91 Å². The Balaban J connectivity index is 2.12. The Labute approximate surface area is 163 Å². The van der Waals surface area contributed by atoms with Crippen LogP contribution in [0.25, 0.3) is 11.0 Å². The maximum Gasteiger partial charge on any atom is 0.322 e. The van der Waals surface area contributed by atoms with Crippen LogP contribution in [0.1, 0.15) is 26.3 Å². The first kappa shape index (κ1) is 19.5. The topological polar surface area (TPSA) is 165 Å². The van der Waals surface area contributed by atoms with Crippen molar-refractivity contribution in [2.24, 2.45) is 5.73 Å². The summed E-state index contributed by atoms with van der Waals surface area (Å²) >= 11 is 0. The van der Waals surface area contributed by atoms with Gasteiger partial charge < -0.3 is 21.3 Å². The van der Waals surface area contributed by atoms with Gasteiger partial charge in [-0.2, -0.15) is 0 Å². The van der Waals surface area contributed by atoms with Crippen LogP contribution in [0, 0.1) is 0 Å². The van der Waals surface area contributed by atoms with Crippen LogP contribution in [0.2, 0.25) is 0 Å². The van der Waals surface area contributed by atoms with Crippen molar-refractivity contribution in [1.29, 1.82) is 0 Å². The monoisotopic (exact) mass is 396 g/mol. The highest BCUT2D eigenvalue weighted by molar-refractivity contribution is 6.02. The second kappa shape index (κ2) is 7.80. The number of primary amides is 1. The summed E-state index contributed by atoms with van der Waals surface area (Å²) in [5.41, 5.74) is 4.85. The number of nitrogens with two attached hydrogens (primary N) is 1. The van der Waals surface area contributed by atoms with Crippen molar-refractivity contribution in [2.45, 2.75) is 6.54 Å². The van der Waals surface area contributed by atoms with Gasteiger partial charge in [0.15, 0.2) is 0 Å². The van der Waals surface area contributed by atoms with Crippen LogP contribution < -0.4 is 16.6 Å². The molecule has 0 unspecified atom stereocenters. The quantitative estimate of drug-likeness (QED) is 0.457. The van der Waals surface area contributed by atoms with E-state index in [2.05, 4.69) is 10.3 Å². The number of nitrogens with one attached hydrogen (secondary N) is 1. The molecule has 0 bridgehead atoms. The number of aromatic nitrogens is 2. The number of carboxylic acids is 1. The number of carbonyl (C=O) groups excluding carboxylic acids is 2. The maximum atomic E-state index is 12.9. The van der Waals surface area contributed by atoms with Gasteiger partial charge in [-0.3, -0.25) is 23.7 Å². The van der Waals surface area contributed by atoms with Crippen LogP contribution in [0.15, 0.2) is 47.4 Å².